The Bertz CT molecular complexity index is 1200. The smallest absolute Gasteiger partial charge is 0.457 e. The van der Waals surface area contributed by atoms with Gasteiger partial charge in [0.25, 0.3) is 0 Å². The summed E-state index contributed by atoms with van der Waals surface area (Å²) < 4.78 is 35.1. The Morgan fingerprint density at radius 1 is 0.525 bits per heavy atom. The minimum atomic E-state index is -4.29. The Hall–Kier alpha value is -2.06. The Kier molecular flexibility index (Phi) is 43.0. The second-order valence-corrected chi connectivity index (χ2v) is 18.9. The second-order valence-electron chi connectivity index (χ2n) is 17.5. The fourth-order valence-corrected chi connectivity index (χ4v) is 7.20. The maximum atomic E-state index is 12.7. The molecule has 1 N–H and O–H groups in total. The van der Waals surface area contributed by atoms with Gasteiger partial charge in [0, 0.05) is 13.0 Å². The van der Waals surface area contributed by atoms with Gasteiger partial charge in [0.1, 0.15) is 19.3 Å². The molecular weight excluding hydrogens is 782 g/mol. The van der Waals surface area contributed by atoms with Gasteiger partial charge in [-0.1, -0.05) is 177 Å². The van der Waals surface area contributed by atoms with Crippen LogP contribution in [0.5, 0.6) is 0 Å². The number of phosphoric ester groups is 1. The van der Waals surface area contributed by atoms with E-state index in [0.29, 0.717) is 24.1 Å². The molecule has 0 aliphatic rings. The van der Waals surface area contributed by atoms with E-state index in [-0.39, 0.29) is 25.8 Å². The van der Waals surface area contributed by atoms with Gasteiger partial charge in [0.2, 0.25) is 0 Å². The second kappa shape index (κ2) is 44.5. The van der Waals surface area contributed by atoms with Crippen molar-refractivity contribution in [2.24, 2.45) is 0 Å². The van der Waals surface area contributed by atoms with Crippen molar-refractivity contribution in [3.63, 3.8) is 0 Å². The Morgan fingerprint density at radius 3 is 1.43 bits per heavy atom. The van der Waals surface area contributed by atoms with Crippen LogP contribution in [-0.4, -0.2) is 75.6 Å². The third-order valence-corrected chi connectivity index (χ3v) is 11.2. The van der Waals surface area contributed by atoms with E-state index in [1.165, 1.54) is 89.9 Å². The van der Waals surface area contributed by atoms with Gasteiger partial charge in [-0.2, -0.15) is 0 Å². The van der Waals surface area contributed by atoms with E-state index in [4.69, 9.17) is 18.5 Å². The van der Waals surface area contributed by atoms with Crippen molar-refractivity contribution in [1.82, 2.24) is 0 Å². The quantitative estimate of drug-likeness (QED) is 0.0214. The van der Waals surface area contributed by atoms with Crippen molar-refractivity contribution in [3.05, 3.63) is 72.9 Å². The van der Waals surface area contributed by atoms with Crippen LogP contribution >= 0.6 is 7.82 Å². The molecule has 61 heavy (non-hydrogen) atoms. The first kappa shape index (κ1) is 58.9. The molecule has 0 aromatic rings. The molecule has 0 radical (unpaired) electrons. The lowest BCUT2D eigenvalue weighted by molar-refractivity contribution is -0.870. The van der Waals surface area contributed by atoms with E-state index in [1.807, 2.05) is 21.1 Å². The molecule has 2 atom stereocenters. The number of allylic oxidation sites excluding steroid dienone is 12. The summed E-state index contributed by atoms with van der Waals surface area (Å²) >= 11 is 0. The van der Waals surface area contributed by atoms with E-state index < -0.39 is 13.9 Å². The number of carbonyl (C=O) groups excluding carboxylic acids is 1. The van der Waals surface area contributed by atoms with E-state index in [2.05, 4.69) is 86.8 Å². The fourth-order valence-electron chi connectivity index (χ4n) is 6.46. The van der Waals surface area contributed by atoms with Crippen molar-refractivity contribution in [2.75, 3.05) is 54.1 Å². The lowest BCUT2D eigenvalue weighted by Crippen LogP contribution is -2.37. The minimum absolute atomic E-state index is 0.0803. The normalized spacial score (nSPS) is 14.3. The van der Waals surface area contributed by atoms with E-state index in [9.17, 15) is 14.3 Å². The van der Waals surface area contributed by atoms with Gasteiger partial charge in [0.05, 0.1) is 34.4 Å². The van der Waals surface area contributed by atoms with Crippen LogP contribution in [0.2, 0.25) is 0 Å². The van der Waals surface area contributed by atoms with Gasteiger partial charge in [-0.3, -0.25) is 13.8 Å². The molecule has 2 unspecified atom stereocenters. The molecular formula is C52H95NO7P+. The van der Waals surface area contributed by atoms with Crippen LogP contribution in [-0.2, 0) is 27.9 Å². The van der Waals surface area contributed by atoms with Crippen molar-refractivity contribution in [3.8, 4) is 0 Å². The van der Waals surface area contributed by atoms with Crippen LogP contribution in [0.4, 0.5) is 0 Å². The Labute approximate surface area is 376 Å². The molecule has 0 spiro atoms. The van der Waals surface area contributed by atoms with Crippen LogP contribution in [0.15, 0.2) is 72.9 Å². The van der Waals surface area contributed by atoms with Gasteiger partial charge >= 0.3 is 13.8 Å². The highest BCUT2D eigenvalue weighted by Gasteiger charge is 2.26. The summed E-state index contributed by atoms with van der Waals surface area (Å²) in [5.74, 6) is -0.334. The first-order chi connectivity index (χ1) is 29.6. The van der Waals surface area contributed by atoms with Gasteiger partial charge in [-0.05, 0) is 83.5 Å². The van der Waals surface area contributed by atoms with Gasteiger partial charge < -0.3 is 18.9 Å². The largest absolute Gasteiger partial charge is 0.472 e. The van der Waals surface area contributed by atoms with Gasteiger partial charge in [-0.25, -0.2) is 4.57 Å². The van der Waals surface area contributed by atoms with E-state index in [1.54, 1.807) is 0 Å². The zero-order valence-electron chi connectivity index (χ0n) is 40.1. The van der Waals surface area contributed by atoms with Crippen LogP contribution in [0.3, 0.4) is 0 Å². The summed E-state index contributed by atoms with van der Waals surface area (Å²) in [4.78, 5) is 22.9. The molecule has 0 amide bonds. The molecule has 0 bridgehead atoms. The molecule has 0 saturated carbocycles. The number of phosphoric acid groups is 1. The maximum Gasteiger partial charge on any atom is 0.472 e. The lowest BCUT2D eigenvalue weighted by atomic mass is 10.1. The number of likely N-dealkylation sites (N-methyl/N-ethyl adjacent to an activating group) is 1. The third-order valence-electron chi connectivity index (χ3n) is 10.3. The number of quaternary nitrogens is 1. The molecule has 0 heterocycles. The van der Waals surface area contributed by atoms with Gasteiger partial charge in [0.15, 0.2) is 0 Å². The molecule has 9 heteroatoms. The predicted molar refractivity (Wildman–Crippen MR) is 261 cm³/mol. The molecule has 0 aromatic heterocycles. The average Bonchev–Trinajstić information content (AvgIpc) is 3.22. The van der Waals surface area contributed by atoms with Crippen LogP contribution in [0.1, 0.15) is 194 Å². The molecule has 8 nitrogen and oxygen atoms in total. The number of carbonyl (C=O) groups is 1. The first-order valence-electron chi connectivity index (χ1n) is 24.7. The standard InChI is InChI=1S/C52H94NO7P/c1-6-8-10-12-14-16-18-20-22-23-24-25-26-27-28-29-30-32-34-36-38-40-42-44-47-57-49-51(50-59-61(55,56)58-48-46-53(3,4)5)60-52(54)45-43-41-39-37-35-33-31-21-19-17-15-13-11-9-7-2/h9,11,15,17-18,20-21,23-24,26-27,31,51H,6-8,10,12-14,16,19,22,25,28-30,32-50H2,1-5H3/p+1/b11-9-,17-15-,20-18-,24-23-,27-26-,31-21-. The molecule has 0 aliphatic carbocycles. The summed E-state index contributed by atoms with van der Waals surface area (Å²) in [6.07, 6.45) is 58.0. The first-order valence-corrected chi connectivity index (χ1v) is 26.2. The van der Waals surface area contributed by atoms with Crippen molar-refractivity contribution in [1.29, 1.82) is 0 Å². The molecule has 0 aromatic carbocycles. The number of rotatable bonds is 45. The average molecular weight is 877 g/mol. The highest BCUT2D eigenvalue weighted by molar-refractivity contribution is 7.47. The van der Waals surface area contributed by atoms with E-state index >= 15 is 0 Å². The van der Waals surface area contributed by atoms with Crippen molar-refractivity contribution >= 4 is 13.8 Å². The Balaban J connectivity index is 4.17. The van der Waals surface area contributed by atoms with Crippen LogP contribution in [0, 0.1) is 0 Å². The molecule has 0 aliphatic heterocycles. The summed E-state index contributed by atoms with van der Waals surface area (Å²) in [7, 11) is 1.64. The number of ether oxygens (including phenoxy) is 2. The monoisotopic (exact) mass is 877 g/mol. The highest BCUT2D eigenvalue weighted by atomic mass is 31.2. The minimum Gasteiger partial charge on any atom is -0.457 e. The SMILES string of the molecule is CC/C=C\C/C=C\C/C=C\CCCCCCCC(=O)OC(COCCCCCCCCCCC/C=C\C/C=C\C/C=C\CCCCCCC)COP(=O)(O)OCC[N+](C)(C)C. The zero-order valence-corrected chi connectivity index (χ0v) is 41.0. The molecule has 354 valence electrons. The lowest BCUT2D eigenvalue weighted by Gasteiger charge is -2.24. The number of nitrogens with zero attached hydrogens (tertiary/aromatic N) is 1. The third kappa shape index (κ3) is 48.8. The molecule has 0 fully saturated rings. The van der Waals surface area contributed by atoms with Crippen molar-refractivity contribution < 1.29 is 37.3 Å². The number of unbranched alkanes of at least 4 members (excludes halogenated alkanes) is 19. The highest BCUT2D eigenvalue weighted by Crippen LogP contribution is 2.43. The van der Waals surface area contributed by atoms with Crippen molar-refractivity contribution in [2.45, 2.75) is 200 Å². The summed E-state index contributed by atoms with van der Waals surface area (Å²) in [5.41, 5.74) is 0. The Morgan fingerprint density at radius 2 is 0.951 bits per heavy atom. The van der Waals surface area contributed by atoms with Crippen LogP contribution < -0.4 is 0 Å². The van der Waals surface area contributed by atoms with E-state index in [0.717, 1.165) is 83.5 Å². The maximum absolute atomic E-state index is 12.7. The zero-order chi connectivity index (χ0) is 44.8. The molecule has 0 saturated heterocycles. The van der Waals surface area contributed by atoms with Gasteiger partial charge in [-0.15, -0.1) is 0 Å². The topological polar surface area (TPSA) is 91.3 Å². The summed E-state index contributed by atoms with van der Waals surface area (Å²) in [6, 6.07) is 0. The predicted octanol–water partition coefficient (Wildman–Crippen LogP) is 15.1. The number of hydrogen-bond acceptors (Lipinski definition) is 6. The number of esters is 1. The number of hydrogen-bond donors (Lipinski definition) is 1. The van der Waals surface area contributed by atoms with Crippen LogP contribution in [0.25, 0.3) is 0 Å². The fraction of sp³-hybridized carbons (Fsp3) is 0.750. The summed E-state index contributed by atoms with van der Waals surface area (Å²) in [5, 5.41) is 0. The summed E-state index contributed by atoms with van der Waals surface area (Å²) in [6.45, 7) is 5.46. The molecule has 0 rings (SSSR count).